The largest absolute Gasteiger partial charge is 0.478 e. The highest BCUT2D eigenvalue weighted by Gasteiger charge is 2.39. The van der Waals surface area contributed by atoms with Gasteiger partial charge in [-0.1, -0.05) is 182 Å². The van der Waals surface area contributed by atoms with Gasteiger partial charge in [-0.15, -0.1) is 48.8 Å². The quantitative estimate of drug-likeness (QED) is 0.0356. The van der Waals surface area contributed by atoms with Gasteiger partial charge in [0, 0.05) is 30.7 Å². The fraction of sp³-hybridized carbons (Fsp3) is 0.0303. The van der Waals surface area contributed by atoms with Crippen LogP contribution in [0, 0.1) is 0 Å². The molecule has 0 aliphatic rings. The van der Waals surface area contributed by atoms with Crippen LogP contribution in [-0.2, 0) is 9.49 Å². The number of hydrogen-bond donors (Lipinski definition) is 6. The van der Waals surface area contributed by atoms with E-state index >= 15 is 0 Å². The second-order valence-electron chi connectivity index (χ2n) is 17.2. The molecule has 388 valence electrons. The van der Waals surface area contributed by atoms with Crippen LogP contribution in [0.1, 0.15) is 74.8 Å². The van der Waals surface area contributed by atoms with Gasteiger partial charge in [-0.05, 0) is 130 Å². The highest BCUT2D eigenvalue weighted by atomic mass is 32.2. The smallest absolute Gasteiger partial charge is 0.335 e. The molecule has 0 aromatic heterocycles. The SMILES string of the molecule is NC(=O)c1ccc(S)cc1.NC(=O)c1ccc(SC(c2ccccc2)(c2ccccc2)c2ccccc2)cc1.O=C(O)c1ccc(S)cc1.O=C(O)c1ccc(SC(c2ccccc2)(c2ccccc2)c2ccccc2)cc1. The highest BCUT2D eigenvalue weighted by molar-refractivity contribution is 8.01. The number of primary amides is 2. The Bertz CT molecular complexity index is 3060. The number of thiol groups is 2. The Morgan fingerprint density at radius 1 is 0.295 bits per heavy atom. The monoisotopic (exact) mass is 1100 g/mol. The normalized spacial score (nSPS) is 10.7. The Labute approximate surface area is 474 Å². The number of carbonyl (C=O) groups is 4. The van der Waals surface area contributed by atoms with Crippen molar-refractivity contribution in [2.24, 2.45) is 11.5 Å². The van der Waals surface area contributed by atoms with Crippen molar-refractivity contribution in [3.8, 4) is 0 Å². The Kier molecular flexibility index (Phi) is 20.5. The Morgan fingerprint density at radius 2 is 0.487 bits per heavy atom. The summed E-state index contributed by atoms with van der Waals surface area (Å²) in [5.74, 6) is -2.65. The first-order chi connectivity index (χ1) is 37.8. The van der Waals surface area contributed by atoms with E-state index in [0.29, 0.717) is 16.7 Å². The number of carboxylic acid groups (broad SMARTS) is 2. The van der Waals surface area contributed by atoms with Crippen LogP contribution in [0.2, 0.25) is 0 Å². The van der Waals surface area contributed by atoms with Gasteiger partial charge in [0.25, 0.3) is 0 Å². The number of benzene rings is 10. The van der Waals surface area contributed by atoms with Crippen LogP contribution in [0.25, 0.3) is 0 Å². The van der Waals surface area contributed by atoms with Gasteiger partial charge in [0.1, 0.15) is 0 Å². The predicted octanol–water partition coefficient (Wildman–Crippen LogP) is 15.1. The average Bonchev–Trinajstić information content (AvgIpc) is 3.52. The molecule has 2 amide bonds. The molecule has 10 rings (SSSR count). The maximum Gasteiger partial charge on any atom is 0.335 e. The number of amides is 2. The van der Waals surface area contributed by atoms with Crippen LogP contribution in [0.5, 0.6) is 0 Å². The maximum absolute atomic E-state index is 11.5. The molecule has 0 atom stereocenters. The minimum Gasteiger partial charge on any atom is -0.478 e. The zero-order valence-electron chi connectivity index (χ0n) is 42.0. The first kappa shape index (κ1) is 57.2. The van der Waals surface area contributed by atoms with Crippen LogP contribution >= 0.6 is 48.8 Å². The highest BCUT2D eigenvalue weighted by Crippen LogP contribution is 2.53. The lowest BCUT2D eigenvalue weighted by atomic mass is 9.84. The molecule has 10 aromatic carbocycles. The third kappa shape index (κ3) is 14.9. The molecule has 0 fully saturated rings. The first-order valence-electron chi connectivity index (χ1n) is 24.4. The van der Waals surface area contributed by atoms with Crippen LogP contribution < -0.4 is 11.5 Å². The molecule has 8 nitrogen and oxygen atoms in total. The Hall–Kier alpha value is -8.52. The van der Waals surface area contributed by atoms with Gasteiger partial charge in [0.2, 0.25) is 11.8 Å². The van der Waals surface area contributed by atoms with E-state index in [2.05, 4.69) is 171 Å². The molecule has 0 radical (unpaired) electrons. The van der Waals surface area contributed by atoms with Gasteiger partial charge < -0.3 is 21.7 Å². The molecule has 0 spiro atoms. The lowest BCUT2D eigenvalue weighted by Gasteiger charge is -2.35. The molecule has 10 aromatic rings. The number of rotatable bonds is 14. The second-order valence-corrected chi connectivity index (χ2v) is 20.9. The van der Waals surface area contributed by atoms with E-state index < -0.39 is 33.2 Å². The summed E-state index contributed by atoms with van der Waals surface area (Å²) in [6.07, 6.45) is 0. The molecule has 12 heteroatoms. The molecule has 0 aliphatic carbocycles. The fourth-order valence-corrected chi connectivity index (χ4v) is 11.4. The minimum atomic E-state index is -0.915. The second kappa shape index (κ2) is 28.0. The van der Waals surface area contributed by atoms with Gasteiger partial charge >= 0.3 is 11.9 Å². The van der Waals surface area contributed by atoms with Crippen molar-refractivity contribution in [2.75, 3.05) is 0 Å². The molecule has 78 heavy (non-hydrogen) atoms. The molecule has 0 heterocycles. The third-order valence-corrected chi connectivity index (χ3v) is 15.8. The summed E-state index contributed by atoms with van der Waals surface area (Å²) in [6, 6.07) is 90.6. The van der Waals surface area contributed by atoms with Gasteiger partial charge in [0.15, 0.2) is 0 Å². The summed E-state index contributed by atoms with van der Waals surface area (Å²) >= 11 is 11.5. The standard InChI is InChI=1S/C26H21NOS.C26H20O2S.C7H7NOS.C7H6O2S/c2*27-25(28)20-16-18-24(19-17-20)29-26(21-10-4-1-5-11-21,22-12-6-2-7-13-22)23-14-8-3-9-15-23;2*8-7(9)5-1-3-6(10)4-2-5/h1-19H,(H2,27,28);1-19H,(H,27,28);1-4,10H,(H2,8,9);1-4,10H,(H,8,9). The van der Waals surface area contributed by atoms with Crippen molar-refractivity contribution in [3.63, 3.8) is 0 Å². The van der Waals surface area contributed by atoms with Crippen molar-refractivity contribution >= 4 is 72.5 Å². The molecule has 6 N–H and O–H groups in total. The molecule has 0 saturated carbocycles. The van der Waals surface area contributed by atoms with Crippen molar-refractivity contribution in [2.45, 2.75) is 29.1 Å². The number of thioether (sulfide) groups is 2. The van der Waals surface area contributed by atoms with Crippen LogP contribution in [-0.4, -0.2) is 34.0 Å². The zero-order chi connectivity index (χ0) is 55.3. The van der Waals surface area contributed by atoms with E-state index in [1.807, 2.05) is 60.7 Å². The summed E-state index contributed by atoms with van der Waals surface area (Å²) in [5.41, 5.74) is 19.1. The van der Waals surface area contributed by atoms with Gasteiger partial charge in [0.05, 0.1) is 20.6 Å². The molecular weight excluding hydrogens is 1050 g/mol. The van der Waals surface area contributed by atoms with E-state index in [1.54, 1.807) is 84.2 Å². The summed E-state index contributed by atoms with van der Waals surface area (Å²) in [7, 11) is 0. The molecule has 0 unspecified atom stereocenters. The summed E-state index contributed by atoms with van der Waals surface area (Å²) in [5, 5.41) is 17.7. The van der Waals surface area contributed by atoms with Gasteiger partial charge in [-0.3, -0.25) is 9.59 Å². The molecule has 0 bridgehead atoms. The van der Waals surface area contributed by atoms with E-state index in [4.69, 9.17) is 16.6 Å². The van der Waals surface area contributed by atoms with Crippen LogP contribution in [0.15, 0.2) is 299 Å². The molecule has 0 saturated heterocycles. The fourth-order valence-electron chi connectivity index (χ4n) is 8.33. The topological polar surface area (TPSA) is 161 Å². The maximum atomic E-state index is 11.5. The van der Waals surface area contributed by atoms with Crippen LogP contribution in [0.3, 0.4) is 0 Å². The van der Waals surface area contributed by atoms with Crippen molar-refractivity contribution in [3.05, 3.63) is 335 Å². The number of hydrogen-bond acceptors (Lipinski definition) is 8. The van der Waals surface area contributed by atoms with Crippen molar-refractivity contribution in [1.29, 1.82) is 0 Å². The van der Waals surface area contributed by atoms with Gasteiger partial charge in [-0.25, -0.2) is 9.59 Å². The van der Waals surface area contributed by atoms with E-state index in [0.717, 1.165) is 19.6 Å². The molecular formula is C66H54N2O6S4. The summed E-state index contributed by atoms with van der Waals surface area (Å²) in [6.45, 7) is 0. The third-order valence-electron chi connectivity index (χ3n) is 12.1. The van der Waals surface area contributed by atoms with Crippen molar-refractivity contribution < 1.29 is 29.4 Å². The lowest BCUT2D eigenvalue weighted by molar-refractivity contribution is 0.0686. The minimum absolute atomic E-state index is 0.290. The average molecular weight is 1100 g/mol. The number of carbonyl (C=O) groups excluding carboxylic acids is 2. The Morgan fingerprint density at radius 3 is 0.692 bits per heavy atom. The zero-order valence-corrected chi connectivity index (χ0v) is 45.4. The lowest BCUT2D eigenvalue weighted by Crippen LogP contribution is -2.25. The number of carboxylic acids is 2. The molecule has 0 aliphatic heterocycles. The van der Waals surface area contributed by atoms with E-state index in [1.165, 1.54) is 45.5 Å². The number of nitrogens with two attached hydrogens (primary N) is 2. The summed E-state index contributed by atoms with van der Waals surface area (Å²) < 4.78 is -0.896. The van der Waals surface area contributed by atoms with Crippen LogP contribution in [0.4, 0.5) is 0 Å². The van der Waals surface area contributed by atoms with Crippen molar-refractivity contribution in [1.82, 2.24) is 0 Å². The Balaban J connectivity index is 0.000000168. The first-order valence-corrected chi connectivity index (χ1v) is 26.9. The number of aromatic carboxylic acids is 2. The van der Waals surface area contributed by atoms with Gasteiger partial charge in [-0.2, -0.15) is 0 Å². The van der Waals surface area contributed by atoms with E-state index in [-0.39, 0.29) is 5.56 Å². The van der Waals surface area contributed by atoms with E-state index in [9.17, 15) is 24.3 Å². The predicted molar refractivity (Wildman–Crippen MR) is 321 cm³/mol. The summed E-state index contributed by atoms with van der Waals surface area (Å²) in [4.78, 5) is 47.2.